The molecule has 178 valence electrons. The van der Waals surface area contributed by atoms with E-state index >= 15 is 0 Å². The predicted octanol–water partition coefficient (Wildman–Crippen LogP) is 5.48. The second kappa shape index (κ2) is 10.4. The molecule has 4 rings (SSSR count). The molecule has 0 aliphatic heterocycles. The Morgan fingerprint density at radius 2 is 1.63 bits per heavy atom. The molecule has 0 saturated heterocycles. The van der Waals surface area contributed by atoms with Crippen molar-refractivity contribution in [3.8, 4) is 22.7 Å². The lowest BCUT2D eigenvalue weighted by Gasteiger charge is -2.12. The number of para-hydroxylation sites is 1. The number of benzene rings is 3. The fourth-order valence-corrected chi connectivity index (χ4v) is 3.62. The summed E-state index contributed by atoms with van der Waals surface area (Å²) in [7, 11) is 2.39. The molecule has 0 aliphatic rings. The second-order valence-electron chi connectivity index (χ2n) is 7.36. The summed E-state index contributed by atoms with van der Waals surface area (Å²) in [5, 5.41) is 5.11. The van der Waals surface area contributed by atoms with Crippen LogP contribution in [0.25, 0.3) is 16.9 Å². The predicted molar refractivity (Wildman–Crippen MR) is 127 cm³/mol. The molecule has 1 aromatic heterocycles. The van der Waals surface area contributed by atoms with E-state index in [0.29, 0.717) is 16.3 Å². The average molecular weight is 495 g/mol. The van der Waals surface area contributed by atoms with Crippen LogP contribution < -0.4 is 4.74 Å². The minimum atomic E-state index is -0.810. The normalized spacial score (nSPS) is 10.6. The van der Waals surface area contributed by atoms with Crippen LogP contribution in [0.15, 0.2) is 72.8 Å². The molecule has 0 saturated carbocycles. The van der Waals surface area contributed by atoms with Crippen LogP contribution in [0.3, 0.4) is 0 Å². The monoisotopic (exact) mass is 494 g/mol. The Kier molecular flexibility index (Phi) is 7.12. The van der Waals surface area contributed by atoms with E-state index < -0.39 is 17.8 Å². The van der Waals surface area contributed by atoms with Gasteiger partial charge in [0, 0.05) is 16.7 Å². The third-order valence-electron chi connectivity index (χ3n) is 5.16. The lowest BCUT2D eigenvalue weighted by molar-refractivity contribution is 0.0549. The summed E-state index contributed by atoms with van der Waals surface area (Å²) >= 11 is 5.94. The molecule has 0 N–H and O–H groups in total. The molecule has 0 aliphatic carbocycles. The van der Waals surface area contributed by atoms with E-state index in [4.69, 9.17) is 25.8 Å². The zero-order chi connectivity index (χ0) is 24.9. The van der Waals surface area contributed by atoms with E-state index in [1.165, 1.54) is 37.1 Å². The smallest absolute Gasteiger partial charge is 0.357 e. The summed E-state index contributed by atoms with van der Waals surface area (Å²) in [5.41, 5.74) is 1.41. The van der Waals surface area contributed by atoms with Gasteiger partial charge in [-0.2, -0.15) is 5.10 Å². The minimum Gasteiger partial charge on any atom is -0.488 e. The second-order valence-corrected chi connectivity index (χ2v) is 7.79. The van der Waals surface area contributed by atoms with E-state index in [0.717, 1.165) is 5.56 Å². The Morgan fingerprint density at radius 3 is 2.29 bits per heavy atom. The van der Waals surface area contributed by atoms with E-state index in [2.05, 4.69) is 5.10 Å². The zero-order valence-corrected chi connectivity index (χ0v) is 19.6. The number of halogens is 2. The van der Waals surface area contributed by atoms with Gasteiger partial charge in [-0.15, -0.1) is 0 Å². The van der Waals surface area contributed by atoms with E-state index in [1.807, 2.05) is 0 Å². The van der Waals surface area contributed by atoms with Gasteiger partial charge < -0.3 is 14.2 Å². The van der Waals surface area contributed by atoms with Gasteiger partial charge in [0.05, 0.1) is 19.9 Å². The first-order valence-corrected chi connectivity index (χ1v) is 10.8. The number of nitrogens with zero attached hydrogens (tertiary/aromatic N) is 2. The van der Waals surface area contributed by atoms with Crippen LogP contribution in [0.1, 0.15) is 26.4 Å². The molecule has 35 heavy (non-hydrogen) atoms. The van der Waals surface area contributed by atoms with Crippen molar-refractivity contribution in [2.45, 2.75) is 6.61 Å². The van der Waals surface area contributed by atoms with Gasteiger partial charge in [0.15, 0.2) is 5.69 Å². The number of esters is 2. The van der Waals surface area contributed by atoms with Crippen LogP contribution in [-0.4, -0.2) is 35.9 Å². The molecular weight excluding hydrogens is 475 g/mol. The first-order chi connectivity index (χ1) is 16.9. The van der Waals surface area contributed by atoms with Crippen molar-refractivity contribution < 1.29 is 28.2 Å². The third kappa shape index (κ3) is 5.02. The Hall–Kier alpha value is -4.17. The number of rotatable bonds is 7. The molecule has 0 amide bonds. The quantitative estimate of drug-likeness (QED) is 0.316. The van der Waals surface area contributed by atoms with Gasteiger partial charge in [0.2, 0.25) is 0 Å². The minimum absolute atomic E-state index is 0.0761. The first-order valence-electron chi connectivity index (χ1n) is 10.4. The fourth-order valence-electron chi connectivity index (χ4n) is 3.50. The highest BCUT2D eigenvalue weighted by Crippen LogP contribution is 2.36. The van der Waals surface area contributed by atoms with Crippen molar-refractivity contribution in [1.29, 1.82) is 0 Å². The van der Waals surface area contributed by atoms with Crippen molar-refractivity contribution in [2.24, 2.45) is 0 Å². The van der Waals surface area contributed by atoms with Gasteiger partial charge in [0.1, 0.15) is 29.4 Å². The summed E-state index contributed by atoms with van der Waals surface area (Å²) in [6, 6.07) is 19.6. The first kappa shape index (κ1) is 24.0. The highest BCUT2D eigenvalue weighted by molar-refractivity contribution is 6.30. The van der Waals surface area contributed by atoms with Crippen LogP contribution in [0, 0.1) is 5.82 Å². The van der Waals surface area contributed by atoms with E-state index in [1.54, 1.807) is 54.6 Å². The molecule has 1 heterocycles. The SMILES string of the molecule is COC(=O)c1c(-c2ccc(F)cc2OCc2ccc(Cl)cc2)nn(-c2ccccc2)c1C(=O)OC. The third-order valence-corrected chi connectivity index (χ3v) is 5.41. The highest BCUT2D eigenvalue weighted by atomic mass is 35.5. The van der Waals surface area contributed by atoms with Crippen molar-refractivity contribution in [2.75, 3.05) is 14.2 Å². The molecule has 0 fully saturated rings. The number of carbonyl (C=O) groups is 2. The van der Waals surface area contributed by atoms with Crippen LogP contribution in [0.4, 0.5) is 4.39 Å². The zero-order valence-electron chi connectivity index (χ0n) is 18.8. The Balaban J connectivity index is 1.89. The van der Waals surface area contributed by atoms with Gasteiger partial charge in [-0.25, -0.2) is 18.7 Å². The Labute approximate surface area is 205 Å². The van der Waals surface area contributed by atoms with E-state index in [9.17, 15) is 14.0 Å². The van der Waals surface area contributed by atoms with Crippen molar-refractivity contribution >= 4 is 23.5 Å². The molecule has 3 aromatic carbocycles. The molecule has 4 aromatic rings. The number of methoxy groups -OCH3 is 2. The number of ether oxygens (including phenoxy) is 3. The average Bonchev–Trinajstić information content (AvgIpc) is 3.28. The van der Waals surface area contributed by atoms with Crippen LogP contribution >= 0.6 is 11.6 Å². The number of hydrogen-bond acceptors (Lipinski definition) is 6. The molecule has 0 spiro atoms. The molecule has 7 nitrogen and oxygen atoms in total. The van der Waals surface area contributed by atoms with Gasteiger partial charge in [-0.05, 0) is 42.0 Å². The van der Waals surface area contributed by atoms with Crippen LogP contribution in [0.2, 0.25) is 5.02 Å². The topological polar surface area (TPSA) is 79.7 Å². The summed E-state index contributed by atoms with van der Waals surface area (Å²) < 4.78 is 31.3. The maximum Gasteiger partial charge on any atom is 0.357 e. The van der Waals surface area contributed by atoms with Crippen molar-refractivity contribution in [3.05, 3.63) is 100 Å². The molecule has 0 radical (unpaired) electrons. The summed E-state index contributed by atoms with van der Waals surface area (Å²) in [6.45, 7) is 0.102. The molecule has 0 atom stereocenters. The largest absolute Gasteiger partial charge is 0.488 e. The lowest BCUT2D eigenvalue weighted by Crippen LogP contribution is -2.15. The molecular formula is C26H20ClFN2O5. The maximum absolute atomic E-state index is 14.2. The van der Waals surface area contributed by atoms with Gasteiger partial charge in [-0.1, -0.05) is 41.9 Å². The van der Waals surface area contributed by atoms with Gasteiger partial charge in [0.25, 0.3) is 0 Å². The number of hydrogen-bond donors (Lipinski definition) is 0. The van der Waals surface area contributed by atoms with Crippen LogP contribution in [0.5, 0.6) is 5.75 Å². The van der Waals surface area contributed by atoms with Crippen molar-refractivity contribution in [3.63, 3.8) is 0 Å². The van der Waals surface area contributed by atoms with Crippen molar-refractivity contribution in [1.82, 2.24) is 9.78 Å². The van der Waals surface area contributed by atoms with Gasteiger partial charge in [-0.3, -0.25) is 0 Å². The summed E-state index contributed by atoms with van der Waals surface area (Å²) in [5.74, 6) is -2.02. The lowest BCUT2D eigenvalue weighted by atomic mass is 10.0. The van der Waals surface area contributed by atoms with Crippen LogP contribution in [-0.2, 0) is 16.1 Å². The highest BCUT2D eigenvalue weighted by Gasteiger charge is 2.32. The molecule has 0 bridgehead atoms. The Bertz CT molecular complexity index is 1370. The summed E-state index contributed by atoms with van der Waals surface area (Å²) in [4.78, 5) is 25.7. The van der Waals surface area contributed by atoms with E-state index in [-0.39, 0.29) is 29.3 Å². The van der Waals surface area contributed by atoms with Gasteiger partial charge >= 0.3 is 11.9 Å². The molecule has 0 unspecified atom stereocenters. The standard InChI is InChI=1S/C26H20ClFN2O5/c1-33-25(31)22-23(29-30(24(22)26(32)34-2)19-6-4-3-5-7-19)20-13-12-18(28)14-21(20)35-15-16-8-10-17(27)11-9-16/h3-14H,15H2,1-2H3. The maximum atomic E-state index is 14.2. The number of carbonyl (C=O) groups excluding carboxylic acids is 2. The molecule has 9 heteroatoms. The number of aromatic nitrogens is 2. The fraction of sp³-hybridized carbons (Fsp3) is 0.115. The summed E-state index contributed by atoms with van der Waals surface area (Å²) in [6.07, 6.45) is 0. The Morgan fingerprint density at radius 1 is 0.943 bits per heavy atom.